The minimum atomic E-state index is 0.255. The van der Waals surface area contributed by atoms with Crippen molar-refractivity contribution < 1.29 is 9.47 Å². The molecule has 0 saturated heterocycles. The fourth-order valence-corrected chi connectivity index (χ4v) is 2.67. The molecule has 0 aromatic heterocycles. The summed E-state index contributed by atoms with van der Waals surface area (Å²) in [7, 11) is 3.63. The number of halogens is 1. The summed E-state index contributed by atoms with van der Waals surface area (Å²) in [6, 6.07) is 16.3. The van der Waals surface area contributed by atoms with Crippen molar-refractivity contribution in [2.45, 2.75) is 12.5 Å². The van der Waals surface area contributed by atoms with Crippen LogP contribution in [0.25, 0.3) is 0 Å². The predicted molar refractivity (Wildman–Crippen MR) is 89.2 cm³/mol. The van der Waals surface area contributed by atoms with Crippen LogP contribution in [0.4, 0.5) is 0 Å². The monoisotopic (exact) mass is 349 g/mol. The predicted octanol–water partition coefficient (Wildman–Crippen LogP) is 3.67. The maximum absolute atomic E-state index is 5.81. The molecule has 0 radical (unpaired) electrons. The zero-order valence-electron chi connectivity index (χ0n) is 12.3. The smallest absolute Gasteiger partial charge is 0.133 e. The van der Waals surface area contributed by atoms with Crippen molar-refractivity contribution >= 4 is 15.9 Å². The summed E-state index contributed by atoms with van der Waals surface area (Å²) in [5, 5.41) is 3.30. The van der Waals surface area contributed by atoms with Crippen LogP contribution >= 0.6 is 15.9 Å². The van der Waals surface area contributed by atoms with Crippen molar-refractivity contribution in [2.24, 2.45) is 0 Å². The first-order valence-corrected chi connectivity index (χ1v) is 7.69. The van der Waals surface area contributed by atoms with Gasteiger partial charge in [-0.25, -0.2) is 0 Å². The SMILES string of the molecule is CNC(COc1ccccc1)Cc1ccc(OC)c(Br)c1. The van der Waals surface area contributed by atoms with Crippen LogP contribution in [0.2, 0.25) is 0 Å². The van der Waals surface area contributed by atoms with Crippen LogP contribution in [0.5, 0.6) is 11.5 Å². The van der Waals surface area contributed by atoms with E-state index >= 15 is 0 Å². The molecule has 0 heterocycles. The van der Waals surface area contributed by atoms with Crippen molar-refractivity contribution in [2.75, 3.05) is 20.8 Å². The molecule has 21 heavy (non-hydrogen) atoms. The summed E-state index contributed by atoms with van der Waals surface area (Å²) in [5.74, 6) is 1.74. The molecule has 0 aliphatic carbocycles. The number of hydrogen-bond acceptors (Lipinski definition) is 3. The molecule has 112 valence electrons. The second kappa shape index (κ2) is 8.05. The number of likely N-dealkylation sites (N-methyl/N-ethyl adjacent to an activating group) is 1. The van der Waals surface area contributed by atoms with E-state index in [1.165, 1.54) is 5.56 Å². The molecule has 3 nitrogen and oxygen atoms in total. The molecule has 0 aliphatic heterocycles. The van der Waals surface area contributed by atoms with E-state index in [-0.39, 0.29) is 6.04 Å². The lowest BCUT2D eigenvalue weighted by molar-refractivity contribution is 0.270. The normalized spacial score (nSPS) is 12.0. The van der Waals surface area contributed by atoms with Gasteiger partial charge in [-0.3, -0.25) is 0 Å². The molecule has 0 amide bonds. The van der Waals surface area contributed by atoms with Crippen LogP contribution in [0.3, 0.4) is 0 Å². The Morgan fingerprint density at radius 2 is 1.90 bits per heavy atom. The third-order valence-electron chi connectivity index (χ3n) is 3.30. The van der Waals surface area contributed by atoms with Gasteiger partial charge in [0.2, 0.25) is 0 Å². The molecular formula is C17H20BrNO2. The number of ether oxygens (including phenoxy) is 2. The van der Waals surface area contributed by atoms with E-state index in [9.17, 15) is 0 Å². The Hall–Kier alpha value is -1.52. The van der Waals surface area contributed by atoms with Gasteiger partial charge in [-0.2, -0.15) is 0 Å². The molecule has 1 unspecified atom stereocenters. The minimum absolute atomic E-state index is 0.255. The van der Waals surface area contributed by atoms with Gasteiger partial charge in [-0.05, 0) is 59.2 Å². The molecule has 0 fully saturated rings. The summed E-state index contributed by atoms with van der Waals surface area (Å²) in [6.07, 6.45) is 0.895. The zero-order valence-corrected chi connectivity index (χ0v) is 13.9. The number of hydrogen-bond donors (Lipinski definition) is 1. The maximum Gasteiger partial charge on any atom is 0.133 e. The fraction of sp³-hybridized carbons (Fsp3) is 0.294. The molecule has 1 N–H and O–H groups in total. The Balaban J connectivity index is 1.94. The van der Waals surface area contributed by atoms with Gasteiger partial charge in [0.25, 0.3) is 0 Å². The average Bonchev–Trinajstić information content (AvgIpc) is 2.52. The van der Waals surface area contributed by atoms with E-state index in [1.54, 1.807) is 7.11 Å². The van der Waals surface area contributed by atoms with Gasteiger partial charge in [0.05, 0.1) is 11.6 Å². The first-order valence-electron chi connectivity index (χ1n) is 6.90. The molecule has 0 spiro atoms. The van der Waals surface area contributed by atoms with Crippen molar-refractivity contribution in [3.63, 3.8) is 0 Å². The van der Waals surface area contributed by atoms with Gasteiger partial charge in [-0.1, -0.05) is 24.3 Å². The summed E-state index contributed by atoms with van der Waals surface area (Å²) in [6.45, 7) is 0.629. The Bertz CT molecular complexity index is 560. The van der Waals surface area contributed by atoms with Gasteiger partial charge in [0, 0.05) is 6.04 Å². The van der Waals surface area contributed by atoms with Crippen LogP contribution in [0.1, 0.15) is 5.56 Å². The molecule has 2 aromatic carbocycles. The molecule has 1 atom stereocenters. The Morgan fingerprint density at radius 3 is 2.52 bits per heavy atom. The van der Waals surface area contributed by atoms with E-state index in [2.05, 4.69) is 33.4 Å². The molecular weight excluding hydrogens is 330 g/mol. The van der Waals surface area contributed by atoms with E-state index in [4.69, 9.17) is 9.47 Å². The largest absolute Gasteiger partial charge is 0.496 e. The number of para-hydroxylation sites is 1. The number of rotatable bonds is 7. The first-order chi connectivity index (χ1) is 10.2. The van der Waals surface area contributed by atoms with E-state index in [1.807, 2.05) is 43.4 Å². The third-order valence-corrected chi connectivity index (χ3v) is 3.92. The molecule has 0 aliphatic rings. The quantitative estimate of drug-likeness (QED) is 0.827. The summed E-state index contributed by atoms with van der Waals surface area (Å²) < 4.78 is 12.0. The van der Waals surface area contributed by atoms with Crippen LogP contribution in [-0.4, -0.2) is 26.8 Å². The lowest BCUT2D eigenvalue weighted by atomic mass is 10.1. The van der Waals surface area contributed by atoms with Gasteiger partial charge < -0.3 is 14.8 Å². The van der Waals surface area contributed by atoms with E-state index in [0.29, 0.717) is 6.61 Å². The molecule has 4 heteroatoms. The average molecular weight is 350 g/mol. The van der Waals surface area contributed by atoms with Crippen LogP contribution < -0.4 is 14.8 Å². The zero-order chi connectivity index (χ0) is 15.1. The van der Waals surface area contributed by atoms with Gasteiger partial charge in [0.1, 0.15) is 18.1 Å². The third kappa shape index (κ3) is 4.76. The Morgan fingerprint density at radius 1 is 1.14 bits per heavy atom. The summed E-state index contributed by atoms with van der Waals surface area (Å²) in [4.78, 5) is 0. The second-order valence-electron chi connectivity index (χ2n) is 4.78. The van der Waals surface area contributed by atoms with Gasteiger partial charge >= 0.3 is 0 Å². The van der Waals surface area contributed by atoms with Gasteiger partial charge in [-0.15, -0.1) is 0 Å². The first kappa shape index (κ1) is 15.9. The second-order valence-corrected chi connectivity index (χ2v) is 5.64. The summed E-state index contributed by atoms with van der Waals surface area (Å²) >= 11 is 3.52. The molecule has 2 aromatic rings. The maximum atomic E-state index is 5.81. The fourth-order valence-electron chi connectivity index (χ4n) is 2.08. The highest BCUT2D eigenvalue weighted by molar-refractivity contribution is 9.10. The number of benzene rings is 2. The molecule has 2 rings (SSSR count). The Kier molecular flexibility index (Phi) is 6.08. The van der Waals surface area contributed by atoms with Crippen molar-refractivity contribution in [1.29, 1.82) is 0 Å². The highest BCUT2D eigenvalue weighted by Crippen LogP contribution is 2.26. The van der Waals surface area contributed by atoms with Crippen LogP contribution in [0.15, 0.2) is 53.0 Å². The minimum Gasteiger partial charge on any atom is -0.496 e. The topological polar surface area (TPSA) is 30.5 Å². The highest BCUT2D eigenvalue weighted by Gasteiger charge is 2.10. The highest BCUT2D eigenvalue weighted by atomic mass is 79.9. The van der Waals surface area contributed by atoms with E-state index in [0.717, 1.165) is 22.4 Å². The van der Waals surface area contributed by atoms with Crippen molar-refractivity contribution in [1.82, 2.24) is 5.32 Å². The number of nitrogens with one attached hydrogen (secondary N) is 1. The lowest BCUT2D eigenvalue weighted by Gasteiger charge is -2.17. The number of methoxy groups -OCH3 is 1. The molecule has 0 saturated carbocycles. The van der Waals surface area contributed by atoms with Crippen LogP contribution in [0, 0.1) is 0 Å². The van der Waals surface area contributed by atoms with Crippen LogP contribution in [-0.2, 0) is 6.42 Å². The standard InChI is InChI=1S/C17H20BrNO2/c1-19-14(12-21-15-6-4-3-5-7-15)10-13-8-9-17(20-2)16(18)11-13/h3-9,11,14,19H,10,12H2,1-2H3. The lowest BCUT2D eigenvalue weighted by Crippen LogP contribution is -2.33. The molecule has 0 bridgehead atoms. The summed E-state index contributed by atoms with van der Waals surface area (Å²) in [5.41, 5.74) is 1.23. The van der Waals surface area contributed by atoms with E-state index < -0.39 is 0 Å². The van der Waals surface area contributed by atoms with Gasteiger partial charge in [0.15, 0.2) is 0 Å². The Labute approximate surface area is 134 Å². The van der Waals surface area contributed by atoms with Crippen molar-refractivity contribution in [3.05, 3.63) is 58.6 Å². The van der Waals surface area contributed by atoms with Crippen molar-refractivity contribution in [3.8, 4) is 11.5 Å².